The molecule has 25 nitrogen and oxygen atoms in total. The van der Waals surface area contributed by atoms with Crippen molar-refractivity contribution < 1.29 is 28.8 Å². The smallest absolute Gasteiger partial charge is 0.274 e. The van der Waals surface area contributed by atoms with E-state index in [4.69, 9.17) is 18.1 Å². The molecule has 3 aliphatic heterocycles. The lowest BCUT2D eigenvalue weighted by Crippen LogP contribution is -2.38. The number of rotatable bonds is 18. The zero-order valence-corrected chi connectivity index (χ0v) is 59.8. The molecule has 0 saturated carbocycles. The zero-order chi connectivity index (χ0) is 74.0. The van der Waals surface area contributed by atoms with Gasteiger partial charge in [0.15, 0.2) is 17.3 Å². The van der Waals surface area contributed by atoms with E-state index in [-0.39, 0.29) is 53.6 Å². The molecular formula is C79H87N19O6. The molecule has 3 fully saturated rings. The van der Waals surface area contributed by atoms with Gasteiger partial charge in [0, 0.05) is 119 Å². The van der Waals surface area contributed by atoms with Gasteiger partial charge >= 0.3 is 0 Å². The highest BCUT2D eigenvalue weighted by molar-refractivity contribution is 6.06. The first-order valence-electron chi connectivity index (χ1n) is 34.9. The van der Waals surface area contributed by atoms with Crippen molar-refractivity contribution in [2.45, 2.75) is 116 Å². The largest absolute Gasteiger partial charge is 0.368 e. The molecule has 0 atom stereocenters. The number of carbonyl (C=O) groups is 6. The van der Waals surface area contributed by atoms with Gasteiger partial charge < -0.3 is 46.6 Å². The Kier molecular flexibility index (Phi) is 24.8. The van der Waals surface area contributed by atoms with Crippen LogP contribution in [0, 0.1) is 36.0 Å². The molecule has 3 aromatic carbocycles. The van der Waals surface area contributed by atoms with Crippen LogP contribution in [0.2, 0.25) is 0 Å². The number of hydrogen-bond donors (Lipinski definition) is 7. The van der Waals surface area contributed by atoms with E-state index in [0.717, 1.165) is 49.7 Å². The standard InChI is InChI=1S/C27H30N6O2.C26H29N7O2.C26H28N6O2/c1-5-19-6-8-20(9-7-19)21-12-14-33(15-13-21)27(35)23-16-25(31-32(23)4)30-26(34)22-10-11-24(28-17-22)29-18(2)3;1-17(2)29-23-9-8-21(16-28-23)25(34)30-24-14-22(31-32(24)3)26(35)33-12-10-20(11-13-33)19-6-4-18(15-27)5-7-19;1-4-18-5-7-19(8-6-18)20-11-13-32(14-12-20)26(34)22-15-24(31-30-22)29-25(33)21-9-10-23(27-16-21)28-17(2)3/h1,6-11,16-18,21H,12-15H2,2-4H3,(H,28,29)(H,30,31,34);4-9,14,16-17,20H,10-13H2,1-3H3,(H,28,29)(H,30,34);1,5-10,15-17,20H,11-14H2,2-3H3,(H,27,28)(H2,29,30,31,33). The number of nitrogens with one attached hydrogen (secondary N) is 7. The summed E-state index contributed by atoms with van der Waals surface area (Å²) in [5.41, 5.74) is 8.41. The Bertz CT molecular complexity index is 4570. The maximum Gasteiger partial charge on any atom is 0.274 e. The highest BCUT2D eigenvalue weighted by Crippen LogP contribution is 2.33. The number of likely N-dealkylation sites (tertiary alicyclic amines) is 3. The maximum atomic E-state index is 13.2. The summed E-state index contributed by atoms with van der Waals surface area (Å²) in [6.07, 6.45) is 20.6. The molecule has 0 bridgehead atoms. The fourth-order valence-electron chi connectivity index (χ4n) is 12.5. The Hall–Kier alpha value is -12.4. The monoisotopic (exact) mass is 1400 g/mol. The first-order chi connectivity index (χ1) is 50.1. The molecule has 6 amide bonds. The molecular weight excluding hydrogens is 1310 g/mol. The second kappa shape index (κ2) is 34.8. The van der Waals surface area contributed by atoms with E-state index in [1.807, 2.05) is 99.9 Å². The summed E-state index contributed by atoms with van der Waals surface area (Å²) >= 11 is 0. The van der Waals surface area contributed by atoms with Crippen LogP contribution in [0.25, 0.3) is 0 Å². The van der Waals surface area contributed by atoms with Gasteiger partial charge in [0.1, 0.15) is 34.7 Å². The van der Waals surface area contributed by atoms with Crippen molar-refractivity contribution in [2.75, 3.05) is 71.2 Å². The van der Waals surface area contributed by atoms with Gasteiger partial charge in [-0.05, 0) is 187 Å². The SMILES string of the molecule is C#Cc1ccc(C2CCN(C(=O)c3cc(NC(=O)c4ccc(NC(C)C)nc4)n[nH]3)CC2)cc1.C#Cc1ccc(C2CCN(C(=O)c3cc(NC(=O)c4ccc(NC(C)C)nc4)nn3C)CC2)cc1.CC(C)Nc1ccc(C(=O)Nc2cc(C(=O)N3CCC(c4ccc(C#N)cc4)CC3)nn2C)cn1. The van der Waals surface area contributed by atoms with E-state index >= 15 is 0 Å². The molecule has 0 spiro atoms. The maximum absolute atomic E-state index is 13.2. The third kappa shape index (κ3) is 19.8. The molecule has 0 unspecified atom stereocenters. The summed E-state index contributed by atoms with van der Waals surface area (Å²) in [5.74, 6) is 8.26. The Morgan fingerprint density at radius 1 is 0.452 bits per heavy atom. The fraction of sp³-hybridized carbons (Fsp3) is 0.329. The van der Waals surface area contributed by atoms with Gasteiger partial charge in [-0.3, -0.25) is 43.2 Å². The van der Waals surface area contributed by atoms with E-state index in [9.17, 15) is 28.8 Å². The van der Waals surface area contributed by atoms with Crippen LogP contribution in [0.3, 0.4) is 0 Å². The van der Waals surface area contributed by atoms with E-state index in [1.54, 1.807) is 73.6 Å². The normalized spacial score (nSPS) is 14.0. The van der Waals surface area contributed by atoms with Gasteiger partial charge in [-0.2, -0.15) is 20.6 Å². The predicted molar refractivity (Wildman–Crippen MR) is 401 cm³/mol. The molecule has 3 saturated heterocycles. The number of pyridine rings is 3. The molecule has 9 aromatic rings. The Morgan fingerprint density at radius 2 is 0.837 bits per heavy atom. The van der Waals surface area contributed by atoms with Crippen molar-refractivity contribution in [3.8, 4) is 30.8 Å². The summed E-state index contributed by atoms with van der Waals surface area (Å²) in [6.45, 7) is 16.0. The number of aromatic nitrogens is 9. The van der Waals surface area contributed by atoms with Crippen LogP contribution in [0.4, 0.5) is 34.9 Å². The minimum absolute atomic E-state index is 0.0904. The molecule has 104 heavy (non-hydrogen) atoms. The van der Waals surface area contributed by atoms with Crippen LogP contribution >= 0.6 is 0 Å². The van der Waals surface area contributed by atoms with E-state index in [1.165, 1.54) is 44.6 Å². The van der Waals surface area contributed by atoms with E-state index in [0.29, 0.717) is 131 Å². The number of aryl methyl sites for hydroxylation is 2. The zero-order valence-electron chi connectivity index (χ0n) is 59.8. The Morgan fingerprint density at radius 3 is 1.22 bits per heavy atom. The summed E-state index contributed by atoms with van der Waals surface area (Å²) in [4.78, 5) is 95.2. The third-order valence-corrected chi connectivity index (χ3v) is 18.1. The molecule has 6 aromatic heterocycles. The van der Waals surface area contributed by atoms with Crippen LogP contribution in [0.5, 0.6) is 0 Å². The first-order valence-corrected chi connectivity index (χ1v) is 34.9. The van der Waals surface area contributed by atoms with Crippen molar-refractivity contribution in [3.63, 3.8) is 0 Å². The average Bonchev–Trinajstić information content (AvgIpc) is 1.62. The lowest BCUT2D eigenvalue weighted by atomic mass is 9.89. The van der Waals surface area contributed by atoms with Crippen molar-refractivity contribution in [1.82, 2.24) is 59.4 Å². The first kappa shape index (κ1) is 74.3. The lowest BCUT2D eigenvalue weighted by molar-refractivity contribution is 0.0695. The fourth-order valence-corrected chi connectivity index (χ4v) is 12.5. The molecule has 9 heterocycles. The van der Waals surface area contributed by atoms with Gasteiger partial charge in [0.2, 0.25) is 0 Å². The Labute approximate surface area is 606 Å². The second-order valence-electron chi connectivity index (χ2n) is 26.8. The van der Waals surface area contributed by atoms with E-state index < -0.39 is 0 Å². The number of terminal acetylenes is 2. The van der Waals surface area contributed by atoms with Gasteiger partial charge in [0.05, 0.1) is 28.3 Å². The lowest BCUT2D eigenvalue weighted by Gasteiger charge is -2.32. The highest BCUT2D eigenvalue weighted by atomic mass is 16.2. The molecule has 25 heteroatoms. The van der Waals surface area contributed by atoms with Crippen LogP contribution < -0.4 is 31.9 Å². The second-order valence-corrected chi connectivity index (χ2v) is 26.8. The number of hydrogen-bond acceptors (Lipinski definition) is 16. The number of benzene rings is 3. The van der Waals surface area contributed by atoms with Crippen LogP contribution in [-0.4, -0.2) is 152 Å². The quantitative estimate of drug-likeness (QED) is 0.0393. The van der Waals surface area contributed by atoms with Crippen molar-refractivity contribution in [1.29, 1.82) is 5.26 Å². The minimum atomic E-state index is -0.342. The number of H-pyrrole nitrogens is 1. The van der Waals surface area contributed by atoms with Gasteiger partial charge in [-0.15, -0.1) is 12.8 Å². The molecule has 3 aliphatic rings. The summed E-state index contributed by atoms with van der Waals surface area (Å²) < 4.78 is 3.01. The minimum Gasteiger partial charge on any atom is -0.368 e. The van der Waals surface area contributed by atoms with Crippen LogP contribution in [0.15, 0.2) is 146 Å². The van der Waals surface area contributed by atoms with Crippen molar-refractivity contribution >= 4 is 70.4 Å². The molecule has 0 aliphatic carbocycles. The number of nitrogens with zero attached hydrogens (tertiary/aromatic N) is 12. The van der Waals surface area contributed by atoms with Gasteiger partial charge in [-0.1, -0.05) is 48.2 Å². The highest BCUT2D eigenvalue weighted by Gasteiger charge is 2.30. The molecule has 0 radical (unpaired) electrons. The number of piperidine rings is 3. The van der Waals surface area contributed by atoms with Crippen LogP contribution in [0.1, 0.15) is 194 Å². The number of amides is 6. The Balaban J connectivity index is 0.000000167. The van der Waals surface area contributed by atoms with Gasteiger partial charge in [0.25, 0.3) is 35.4 Å². The average molecular weight is 1400 g/mol. The predicted octanol–water partition coefficient (Wildman–Crippen LogP) is 11.5. The molecule has 7 N–H and O–H groups in total. The van der Waals surface area contributed by atoms with Gasteiger partial charge in [-0.25, -0.2) is 15.0 Å². The van der Waals surface area contributed by atoms with Crippen LogP contribution in [-0.2, 0) is 14.1 Å². The molecule has 534 valence electrons. The molecule has 12 rings (SSSR count). The number of anilines is 6. The van der Waals surface area contributed by atoms with Crippen molar-refractivity contribution in [2.24, 2.45) is 14.1 Å². The van der Waals surface area contributed by atoms with E-state index in [2.05, 4.69) is 109 Å². The summed E-state index contributed by atoms with van der Waals surface area (Å²) in [6, 6.07) is 41.9. The topological polar surface area (TPSA) is 311 Å². The number of nitriles is 1. The third-order valence-electron chi connectivity index (χ3n) is 18.1. The summed E-state index contributed by atoms with van der Waals surface area (Å²) in [5, 5.41) is 42.3. The summed E-state index contributed by atoms with van der Waals surface area (Å²) in [7, 11) is 3.40. The number of aromatic amines is 1. The number of carbonyl (C=O) groups excluding carboxylic acids is 6. The van der Waals surface area contributed by atoms with Crippen molar-refractivity contribution in [3.05, 3.63) is 213 Å².